The number of methoxy groups -OCH3 is 2. The van der Waals surface area contributed by atoms with Crippen LogP contribution in [-0.4, -0.2) is 203 Å². The molecule has 5 N–H and O–H groups in total. The van der Waals surface area contributed by atoms with Gasteiger partial charge in [0.1, 0.15) is 48.8 Å². The second kappa shape index (κ2) is 25.4. The van der Waals surface area contributed by atoms with Crippen LogP contribution in [0, 0.1) is 23.7 Å². The number of rotatable bonds is 16. The highest BCUT2D eigenvalue weighted by Gasteiger charge is 2.55. The third-order valence-corrected chi connectivity index (χ3v) is 18.5. The number of ether oxygens (including phenoxy) is 6. The molecule has 0 amide bonds. The SMILES string of the molecule is CC[C@H]1OC(=O)[C@H](C)[C@@H](C2C[C@@](C)(OC)[C@@H](O)[C@H](C)O2)[C@H](C)[C@@H](O[C@@H]2O[C@H](C)C[C@H](N(C)CCc3cn([C@H](CF)[C@H](OC)c4ccc(S(=O)(=O)CC)cc4)nn3)[C@H]2O)[C@](C)(O)C[C@@H](C)CN(C)[C@H](C)[C@@H](O)[C@]1(C)O. The Hall–Kier alpha value is -2.77. The van der Waals surface area contributed by atoms with E-state index in [9.17, 15) is 43.1 Å². The molecule has 0 aliphatic carbocycles. The lowest BCUT2D eigenvalue weighted by Gasteiger charge is -2.51. The van der Waals surface area contributed by atoms with Crippen LogP contribution in [0.2, 0.25) is 0 Å². The summed E-state index contributed by atoms with van der Waals surface area (Å²) in [6, 6.07) is 4.20. The van der Waals surface area contributed by atoms with Crippen LogP contribution < -0.4 is 0 Å². The number of carbonyl (C=O) groups is 1. The van der Waals surface area contributed by atoms with Gasteiger partial charge in [-0.2, -0.15) is 0 Å². The number of aromatic nitrogens is 3. The van der Waals surface area contributed by atoms with E-state index in [1.54, 1.807) is 66.8 Å². The molecule has 1 aromatic carbocycles. The molecule has 0 saturated carbocycles. The molecule has 3 aliphatic heterocycles. The second-order valence-corrected chi connectivity index (χ2v) is 24.8. The fourth-order valence-electron chi connectivity index (χ4n) is 12.1. The molecule has 20 atom stereocenters. The lowest BCUT2D eigenvalue weighted by Crippen LogP contribution is -2.62. The van der Waals surface area contributed by atoms with E-state index in [0.29, 0.717) is 37.2 Å². The number of carbonyl (C=O) groups excluding carboxylic acids is 1. The van der Waals surface area contributed by atoms with Crippen molar-refractivity contribution in [1.82, 2.24) is 24.8 Å². The molecule has 3 fully saturated rings. The molecule has 5 rings (SSSR count). The first-order valence-corrected chi connectivity index (χ1v) is 28.1. The highest BCUT2D eigenvalue weighted by atomic mass is 32.2. The number of alkyl halides is 1. The van der Waals surface area contributed by atoms with Crippen molar-refractivity contribution in [2.24, 2.45) is 23.7 Å². The number of hydrogen-bond donors (Lipinski definition) is 5. The topological polar surface area (TPSA) is 245 Å². The molecule has 3 aliphatic rings. The Bertz CT molecular complexity index is 2210. The van der Waals surface area contributed by atoms with Gasteiger partial charge in [0.2, 0.25) is 0 Å². The van der Waals surface area contributed by atoms with Crippen molar-refractivity contribution >= 4 is 15.8 Å². The van der Waals surface area contributed by atoms with Gasteiger partial charge in [-0.05, 0) is 104 Å². The zero-order chi connectivity index (χ0) is 55.4. The number of likely N-dealkylation sites (N-methyl/N-ethyl adjacent to an activating group) is 2. The summed E-state index contributed by atoms with van der Waals surface area (Å²) in [5.74, 6) is -3.38. The summed E-state index contributed by atoms with van der Waals surface area (Å²) in [4.78, 5) is 18.7. The average molecular weight is 1070 g/mol. The molecular weight excluding hydrogens is 982 g/mol. The Morgan fingerprint density at radius 2 is 1.62 bits per heavy atom. The van der Waals surface area contributed by atoms with Crippen molar-refractivity contribution in [3.63, 3.8) is 0 Å². The average Bonchev–Trinajstić information content (AvgIpc) is 3.82. The Kier molecular flexibility index (Phi) is 21.3. The number of nitrogens with zero attached hydrogens (tertiary/aromatic N) is 5. The molecule has 4 heterocycles. The Morgan fingerprint density at radius 3 is 2.20 bits per heavy atom. The maximum absolute atomic E-state index is 14.8. The van der Waals surface area contributed by atoms with Crippen molar-refractivity contribution in [3.05, 3.63) is 41.7 Å². The quantitative estimate of drug-likeness (QED) is 0.149. The number of sulfone groups is 1. The van der Waals surface area contributed by atoms with Crippen molar-refractivity contribution in [1.29, 1.82) is 0 Å². The van der Waals surface area contributed by atoms with Crippen LogP contribution in [0.4, 0.5) is 4.39 Å². The van der Waals surface area contributed by atoms with Gasteiger partial charge in [-0.15, -0.1) is 5.10 Å². The van der Waals surface area contributed by atoms with Crippen molar-refractivity contribution in [2.45, 2.75) is 209 Å². The molecule has 1 aromatic heterocycles. The predicted octanol–water partition coefficient (Wildman–Crippen LogP) is 4.07. The molecule has 21 heteroatoms. The van der Waals surface area contributed by atoms with Gasteiger partial charge >= 0.3 is 5.97 Å². The largest absolute Gasteiger partial charge is 0.459 e. The molecule has 74 heavy (non-hydrogen) atoms. The van der Waals surface area contributed by atoms with Crippen molar-refractivity contribution < 1.29 is 71.6 Å². The maximum Gasteiger partial charge on any atom is 0.309 e. The van der Waals surface area contributed by atoms with Crippen LogP contribution in [-0.2, 0) is 49.5 Å². The molecule has 3 saturated heterocycles. The van der Waals surface area contributed by atoms with Gasteiger partial charge in [-0.3, -0.25) is 4.79 Å². The number of cyclic esters (lactones) is 1. The molecule has 1 unspecified atom stereocenters. The lowest BCUT2D eigenvalue weighted by atomic mass is 9.68. The lowest BCUT2D eigenvalue weighted by molar-refractivity contribution is -0.302. The van der Waals surface area contributed by atoms with E-state index < -0.39 is 136 Å². The van der Waals surface area contributed by atoms with Crippen LogP contribution >= 0.6 is 0 Å². The number of hydrogen-bond acceptors (Lipinski definition) is 18. The first-order chi connectivity index (χ1) is 34.5. The Labute approximate surface area is 439 Å². The third-order valence-electron chi connectivity index (χ3n) is 16.8. The Balaban J connectivity index is 1.45. The smallest absolute Gasteiger partial charge is 0.309 e. The highest BCUT2D eigenvalue weighted by molar-refractivity contribution is 7.91. The fourth-order valence-corrected chi connectivity index (χ4v) is 13.0. The van der Waals surface area contributed by atoms with E-state index in [2.05, 4.69) is 10.3 Å². The monoisotopic (exact) mass is 1070 g/mol. The molecule has 19 nitrogen and oxygen atoms in total. The number of aliphatic hydroxyl groups excluding tert-OH is 3. The first kappa shape index (κ1) is 62.1. The van der Waals surface area contributed by atoms with E-state index in [1.807, 2.05) is 44.7 Å². The minimum absolute atomic E-state index is 0.0498. The zero-order valence-electron chi connectivity index (χ0n) is 46.5. The van der Waals surface area contributed by atoms with E-state index >= 15 is 0 Å². The van der Waals surface area contributed by atoms with Crippen LogP contribution in [0.15, 0.2) is 35.4 Å². The normalized spacial score (nSPS) is 39.5. The van der Waals surface area contributed by atoms with Crippen molar-refractivity contribution in [2.75, 3.05) is 53.8 Å². The van der Waals surface area contributed by atoms with Crippen LogP contribution in [0.5, 0.6) is 0 Å². The predicted molar refractivity (Wildman–Crippen MR) is 274 cm³/mol. The molecule has 0 spiro atoms. The Morgan fingerprint density at radius 1 is 0.973 bits per heavy atom. The number of esters is 1. The standard InChI is InChI=1S/C53H90FN5O14S/c1-16-42-53(11,65)46(61)34(7)58(13)28-30(3)25-51(9,64)48(32(5)43(33(6)49(63)72-42)41-26-52(10,69-15)47(62)35(8)71-41)73-50-44(60)39(24-31(4)70-50)57(12)23-22-37-29-59(56-55-37)40(27-54)45(68-14)36-18-20-38(21-19-36)74(66,67)17-2/h18-21,29-35,39-48,50,60-62,64-65H,16-17,22-28H2,1-15H3/t30-,31-,32+,33-,34-,35+,39+,40-,41?,42-,43+,44-,45-,46-,47+,48-,50+,51-,52-,53-/m1/s1. The van der Waals surface area contributed by atoms with Gasteiger partial charge in [0.25, 0.3) is 0 Å². The van der Waals surface area contributed by atoms with E-state index in [1.165, 1.54) is 38.0 Å². The molecule has 0 bridgehead atoms. The molecule has 0 radical (unpaired) electrons. The van der Waals surface area contributed by atoms with Crippen molar-refractivity contribution in [3.8, 4) is 0 Å². The van der Waals surface area contributed by atoms with Crippen LogP contribution in [0.1, 0.15) is 125 Å². The number of aliphatic hydroxyl groups is 5. The minimum Gasteiger partial charge on any atom is -0.459 e. The summed E-state index contributed by atoms with van der Waals surface area (Å²) >= 11 is 0. The van der Waals surface area contributed by atoms with E-state index in [4.69, 9.17) is 28.4 Å². The second-order valence-electron chi connectivity index (χ2n) is 22.6. The van der Waals surface area contributed by atoms with E-state index in [-0.39, 0.29) is 35.8 Å². The first-order valence-electron chi connectivity index (χ1n) is 26.5. The van der Waals surface area contributed by atoms with Gasteiger partial charge in [0.15, 0.2) is 16.1 Å². The maximum atomic E-state index is 14.8. The minimum atomic E-state index is -3.43. The number of benzene rings is 1. The van der Waals surface area contributed by atoms with Gasteiger partial charge in [0, 0.05) is 64.3 Å². The van der Waals surface area contributed by atoms with Gasteiger partial charge in [-0.25, -0.2) is 17.5 Å². The third kappa shape index (κ3) is 13.7. The summed E-state index contributed by atoms with van der Waals surface area (Å²) < 4.78 is 78.9. The highest BCUT2D eigenvalue weighted by Crippen LogP contribution is 2.45. The van der Waals surface area contributed by atoms with Gasteiger partial charge < -0.3 is 63.8 Å². The number of halogens is 1. The summed E-state index contributed by atoms with van der Waals surface area (Å²) in [6.45, 7) is 19.2. The van der Waals surface area contributed by atoms with Crippen LogP contribution in [0.25, 0.3) is 0 Å². The molecular formula is C53H90FN5O14S. The van der Waals surface area contributed by atoms with Crippen LogP contribution in [0.3, 0.4) is 0 Å². The zero-order valence-corrected chi connectivity index (χ0v) is 47.3. The molecule has 2 aromatic rings. The summed E-state index contributed by atoms with van der Waals surface area (Å²) in [6.07, 6.45) is -6.73. The molecule has 424 valence electrons. The summed E-state index contributed by atoms with van der Waals surface area (Å²) in [5.41, 5.74) is -3.43. The van der Waals surface area contributed by atoms with E-state index in [0.717, 1.165) is 0 Å². The van der Waals surface area contributed by atoms with Gasteiger partial charge in [0.05, 0.1) is 57.9 Å². The summed E-state index contributed by atoms with van der Waals surface area (Å²) in [7, 11) is 3.23. The fraction of sp³-hybridized carbons (Fsp3) is 0.830. The summed E-state index contributed by atoms with van der Waals surface area (Å²) in [5, 5.41) is 68.8. The van der Waals surface area contributed by atoms with Gasteiger partial charge in [-0.1, -0.05) is 52.0 Å².